The lowest BCUT2D eigenvalue weighted by molar-refractivity contribution is 0.0289. The standard InChI is InChI=1S/C11H21NO/c1-10(2)5-7-12-11(3)6-4-8-13-9-11/h12H,1,4-9H2,2-3H3. The minimum atomic E-state index is 0.202. The van der Waals surface area contributed by atoms with Crippen molar-refractivity contribution in [1.82, 2.24) is 5.32 Å². The van der Waals surface area contributed by atoms with E-state index >= 15 is 0 Å². The molecule has 76 valence electrons. The Morgan fingerprint density at radius 1 is 1.62 bits per heavy atom. The Kier molecular flexibility index (Phi) is 3.94. The van der Waals surface area contributed by atoms with Crippen molar-refractivity contribution in [3.63, 3.8) is 0 Å². The molecule has 0 radical (unpaired) electrons. The summed E-state index contributed by atoms with van der Waals surface area (Å²) in [5, 5.41) is 3.54. The zero-order chi connectivity index (χ0) is 9.73. The summed E-state index contributed by atoms with van der Waals surface area (Å²) in [6.45, 7) is 11.0. The topological polar surface area (TPSA) is 21.3 Å². The van der Waals surface area contributed by atoms with Crippen LogP contribution in [0.2, 0.25) is 0 Å². The Balaban J connectivity index is 2.21. The smallest absolute Gasteiger partial charge is 0.0645 e. The quantitative estimate of drug-likeness (QED) is 0.674. The van der Waals surface area contributed by atoms with E-state index < -0.39 is 0 Å². The number of ether oxygens (including phenoxy) is 1. The molecule has 0 aromatic carbocycles. The third kappa shape index (κ3) is 3.92. The van der Waals surface area contributed by atoms with Crippen molar-refractivity contribution in [2.45, 2.75) is 38.6 Å². The van der Waals surface area contributed by atoms with Crippen molar-refractivity contribution in [3.8, 4) is 0 Å². The molecule has 1 heterocycles. The van der Waals surface area contributed by atoms with E-state index in [0.717, 1.165) is 26.2 Å². The van der Waals surface area contributed by atoms with Crippen LogP contribution in [0.15, 0.2) is 12.2 Å². The van der Waals surface area contributed by atoms with Crippen LogP contribution < -0.4 is 5.32 Å². The van der Waals surface area contributed by atoms with Gasteiger partial charge in [-0.1, -0.05) is 5.57 Å². The molecule has 1 saturated heterocycles. The average molecular weight is 183 g/mol. The Labute approximate surface area is 81.4 Å². The Bertz CT molecular complexity index is 171. The number of rotatable bonds is 4. The summed E-state index contributed by atoms with van der Waals surface area (Å²) in [6, 6.07) is 0. The second-order valence-electron chi connectivity index (χ2n) is 4.35. The van der Waals surface area contributed by atoms with E-state index in [4.69, 9.17) is 4.74 Å². The Hall–Kier alpha value is -0.340. The fraction of sp³-hybridized carbons (Fsp3) is 0.818. The molecular formula is C11H21NO. The van der Waals surface area contributed by atoms with Gasteiger partial charge in [-0.3, -0.25) is 0 Å². The fourth-order valence-electron chi connectivity index (χ4n) is 1.65. The molecule has 1 aliphatic heterocycles. The summed E-state index contributed by atoms with van der Waals surface area (Å²) in [7, 11) is 0. The maximum absolute atomic E-state index is 5.46. The molecule has 0 bridgehead atoms. The lowest BCUT2D eigenvalue weighted by atomic mass is 9.95. The molecule has 2 nitrogen and oxygen atoms in total. The zero-order valence-corrected chi connectivity index (χ0v) is 8.86. The van der Waals surface area contributed by atoms with Crippen LogP contribution in [0.4, 0.5) is 0 Å². The third-order valence-corrected chi connectivity index (χ3v) is 2.54. The summed E-state index contributed by atoms with van der Waals surface area (Å²) < 4.78 is 5.46. The zero-order valence-electron chi connectivity index (χ0n) is 8.86. The normalized spacial score (nSPS) is 28.8. The van der Waals surface area contributed by atoms with Crippen molar-refractivity contribution < 1.29 is 4.74 Å². The van der Waals surface area contributed by atoms with Gasteiger partial charge < -0.3 is 10.1 Å². The van der Waals surface area contributed by atoms with Crippen LogP contribution in [0.5, 0.6) is 0 Å². The van der Waals surface area contributed by atoms with Crippen LogP contribution >= 0.6 is 0 Å². The van der Waals surface area contributed by atoms with Crippen LogP contribution in [0.1, 0.15) is 33.1 Å². The first-order chi connectivity index (χ1) is 6.12. The van der Waals surface area contributed by atoms with Crippen LogP contribution in [-0.2, 0) is 4.74 Å². The summed E-state index contributed by atoms with van der Waals surface area (Å²) in [6.07, 6.45) is 3.47. The number of hydrogen-bond acceptors (Lipinski definition) is 2. The molecule has 0 aliphatic carbocycles. The molecule has 0 spiro atoms. The van der Waals surface area contributed by atoms with Gasteiger partial charge in [0.25, 0.3) is 0 Å². The molecule has 0 amide bonds. The van der Waals surface area contributed by atoms with E-state index in [1.54, 1.807) is 0 Å². The van der Waals surface area contributed by atoms with E-state index in [2.05, 4.69) is 25.7 Å². The van der Waals surface area contributed by atoms with E-state index in [1.807, 2.05) is 0 Å². The first-order valence-electron chi connectivity index (χ1n) is 5.10. The summed E-state index contributed by atoms with van der Waals surface area (Å²) in [5.41, 5.74) is 1.45. The largest absolute Gasteiger partial charge is 0.380 e. The fourth-order valence-corrected chi connectivity index (χ4v) is 1.65. The average Bonchev–Trinajstić information content (AvgIpc) is 2.04. The Morgan fingerprint density at radius 3 is 2.92 bits per heavy atom. The van der Waals surface area contributed by atoms with Crippen LogP contribution in [-0.4, -0.2) is 25.3 Å². The van der Waals surface area contributed by atoms with Gasteiger partial charge in [-0.05, 0) is 39.7 Å². The predicted octanol–water partition coefficient (Wildman–Crippen LogP) is 2.11. The van der Waals surface area contributed by atoms with Gasteiger partial charge in [0.15, 0.2) is 0 Å². The molecule has 1 atom stereocenters. The maximum atomic E-state index is 5.46. The van der Waals surface area contributed by atoms with Crippen molar-refractivity contribution >= 4 is 0 Å². The first kappa shape index (κ1) is 10.7. The van der Waals surface area contributed by atoms with Crippen molar-refractivity contribution in [2.75, 3.05) is 19.8 Å². The SMILES string of the molecule is C=C(C)CCNC1(C)CCCOC1. The third-order valence-electron chi connectivity index (χ3n) is 2.54. The summed E-state index contributed by atoms with van der Waals surface area (Å²) in [5.74, 6) is 0. The van der Waals surface area contributed by atoms with Gasteiger partial charge in [0.2, 0.25) is 0 Å². The van der Waals surface area contributed by atoms with Gasteiger partial charge in [0.05, 0.1) is 6.61 Å². The second-order valence-corrected chi connectivity index (χ2v) is 4.35. The van der Waals surface area contributed by atoms with Crippen LogP contribution in [0.25, 0.3) is 0 Å². The second kappa shape index (κ2) is 4.77. The van der Waals surface area contributed by atoms with Gasteiger partial charge >= 0.3 is 0 Å². The number of hydrogen-bond donors (Lipinski definition) is 1. The molecule has 1 unspecified atom stereocenters. The van der Waals surface area contributed by atoms with Crippen molar-refractivity contribution in [1.29, 1.82) is 0 Å². The molecule has 1 rings (SSSR count). The molecule has 0 aromatic rings. The van der Waals surface area contributed by atoms with Gasteiger partial charge in [-0.25, -0.2) is 0 Å². The minimum Gasteiger partial charge on any atom is -0.380 e. The van der Waals surface area contributed by atoms with Crippen LogP contribution in [0.3, 0.4) is 0 Å². The molecular weight excluding hydrogens is 162 g/mol. The molecule has 1 aliphatic rings. The highest BCUT2D eigenvalue weighted by Crippen LogP contribution is 2.18. The van der Waals surface area contributed by atoms with Crippen LogP contribution in [0, 0.1) is 0 Å². The van der Waals surface area contributed by atoms with Crippen molar-refractivity contribution in [2.24, 2.45) is 0 Å². The highest BCUT2D eigenvalue weighted by atomic mass is 16.5. The first-order valence-corrected chi connectivity index (χ1v) is 5.10. The minimum absolute atomic E-state index is 0.202. The van der Waals surface area contributed by atoms with E-state index in [-0.39, 0.29) is 5.54 Å². The molecule has 0 saturated carbocycles. The Morgan fingerprint density at radius 2 is 2.38 bits per heavy atom. The van der Waals surface area contributed by atoms with E-state index in [1.165, 1.54) is 18.4 Å². The van der Waals surface area contributed by atoms with E-state index in [9.17, 15) is 0 Å². The number of nitrogens with one attached hydrogen (secondary N) is 1. The molecule has 1 fully saturated rings. The lowest BCUT2D eigenvalue weighted by Crippen LogP contribution is -2.49. The van der Waals surface area contributed by atoms with Gasteiger partial charge in [-0.2, -0.15) is 0 Å². The van der Waals surface area contributed by atoms with Gasteiger partial charge in [0.1, 0.15) is 0 Å². The maximum Gasteiger partial charge on any atom is 0.0645 e. The predicted molar refractivity (Wildman–Crippen MR) is 55.9 cm³/mol. The highest BCUT2D eigenvalue weighted by Gasteiger charge is 2.26. The van der Waals surface area contributed by atoms with Gasteiger partial charge in [0, 0.05) is 12.1 Å². The molecule has 1 N–H and O–H groups in total. The van der Waals surface area contributed by atoms with Crippen molar-refractivity contribution in [3.05, 3.63) is 12.2 Å². The summed E-state index contributed by atoms with van der Waals surface area (Å²) in [4.78, 5) is 0. The lowest BCUT2D eigenvalue weighted by Gasteiger charge is -2.34. The molecule has 2 heteroatoms. The summed E-state index contributed by atoms with van der Waals surface area (Å²) >= 11 is 0. The monoisotopic (exact) mass is 183 g/mol. The van der Waals surface area contributed by atoms with Gasteiger partial charge in [-0.15, -0.1) is 6.58 Å². The molecule has 13 heavy (non-hydrogen) atoms. The molecule has 0 aromatic heterocycles. The highest BCUT2D eigenvalue weighted by molar-refractivity contribution is 4.91. The van der Waals surface area contributed by atoms with E-state index in [0.29, 0.717) is 0 Å².